The Labute approximate surface area is 262 Å². The molecule has 0 amide bonds. The molecular weight excluding hydrogens is 618 g/mol. The molecule has 6 atom stereocenters. The molecule has 0 aromatic heterocycles. The van der Waals surface area contributed by atoms with Crippen molar-refractivity contribution in [3.05, 3.63) is 51.6 Å². The van der Waals surface area contributed by atoms with Crippen molar-refractivity contribution >= 4 is 29.1 Å². The van der Waals surface area contributed by atoms with Crippen LogP contribution in [0.15, 0.2) is 18.2 Å². The van der Waals surface area contributed by atoms with E-state index in [9.17, 15) is 44.4 Å². The van der Waals surface area contributed by atoms with Gasteiger partial charge >= 0.3 is 5.97 Å². The Bertz CT molecular complexity index is 1590. The highest BCUT2D eigenvalue weighted by molar-refractivity contribution is 6.33. The van der Waals surface area contributed by atoms with Crippen LogP contribution in [-0.4, -0.2) is 93.4 Å². The van der Waals surface area contributed by atoms with Crippen molar-refractivity contribution in [3.63, 3.8) is 0 Å². The number of benzene rings is 2. The fourth-order valence-corrected chi connectivity index (χ4v) is 6.03. The zero-order chi connectivity index (χ0) is 32.2. The number of phenols is 2. The van der Waals surface area contributed by atoms with Crippen LogP contribution in [0.3, 0.4) is 0 Å². The molecule has 1 heterocycles. The Hall–Kier alpha value is -3.92. The molecular formula is C30H32ClNO13. The Kier molecular flexibility index (Phi) is 9.41. The number of hydrogen-bond donors (Lipinski definition) is 5. The first-order valence-electron chi connectivity index (χ1n) is 13.8. The second-order valence-corrected chi connectivity index (χ2v) is 11.2. The average Bonchev–Trinajstić information content (AvgIpc) is 2.98. The molecule has 45 heavy (non-hydrogen) atoms. The Balaban J connectivity index is 0.00000461. The van der Waals surface area contributed by atoms with Gasteiger partial charge in [0, 0.05) is 36.5 Å². The fraction of sp³-hybridized carbons (Fsp3) is 0.433. The molecule has 0 radical (unpaired) electrons. The van der Waals surface area contributed by atoms with Crippen LogP contribution in [0.5, 0.6) is 17.2 Å². The minimum atomic E-state index is -2.39. The first kappa shape index (κ1) is 34.0. The largest absolute Gasteiger partial charge is 1.00 e. The first-order valence-corrected chi connectivity index (χ1v) is 13.8. The Morgan fingerprint density at radius 1 is 1.09 bits per heavy atom. The number of aliphatic hydroxyl groups excluding tert-OH is 1. The lowest BCUT2D eigenvalue weighted by molar-refractivity contribution is -0.466. The number of ether oxygens (including phenoxy) is 4. The van der Waals surface area contributed by atoms with Gasteiger partial charge in [0.2, 0.25) is 17.3 Å². The SMILES string of the molecule is COc1cccc2c1C(=O)c1c(O)c3c(c(O)c1C2=O)C[C@@](O)(C(=O)COC(=O)C(C)=O)C[C@@H]3O[C@H]1C[C@H]([NH3+])[C@H](O)[C@H](C)O1.[Cl-]. The summed E-state index contributed by atoms with van der Waals surface area (Å²) in [4.78, 5) is 63.6. The summed E-state index contributed by atoms with van der Waals surface area (Å²) in [6.07, 6.45) is -5.30. The zero-order valence-electron chi connectivity index (χ0n) is 24.5. The quantitative estimate of drug-likeness (QED) is 0.0948. The predicted octanol–water partition coefficient (Wildman–Crippen LogP) is -3.57. The van der Waals surface area contributed by atoms with E-state index in [0.717, 1.165) is 6.92 Å². The van der Waals surface area contributed by atoms with Gasteiger partial charge in [0.05, 0.1) is 42.4 Å². The summed E-state index contributed by atoms with van der Waals surface area (Å²) < 4.78 is 21.9. The number of quaternary nitrogens is 1. The zero-order valence-corrected chi connectivity index (χ0v) is 25.3. The maximum Gasteiger partial charge on any atom is 0.374 e. The molecule has 15 heteroatoms. The van der Waals surface area contributed by atoms with E-state index in [1.54, 1.807) is 6.92 Å². The van der Waals surface area contributed by atoms with E-state index >= 15 is 0 Å². The van der Waals surface area contributed by atoms with Crippen LogP contribution in [0.1, 0.15) is 75.8 Å². The fourth-order valence-electron chi connectivity index (χ4n) is 6.03. The van der Waals surface area contributed by atoms with E-state index in [1.165, 1.54) is 25.3 Å². The van der Waals surface area contributed by atoms with Crippen LogP contribution < -0.4 is 22.9 Å². The number of aromatic hydroxyl groups is 2. The summed E-state index contributed by atoms with van der Waals surface area (Å²) in [5, 5.41) is 45.0. The lowest BCUT2D eigenvalue weighted by Crippen LogP contribution is -3.00. The lowest BCUT2D eigenvalue weighted by Gasteiger charge is -2.41. The number of carbonyl (C=O) groups is 5. The van der Waals surface area contributed by atoms with Gasteiger partial charge < -0.3 is 57.5 Å². The van der Waals surface area contributed by atoms with Crippen LogP contribution in [0.25, 0.3) is 0 Å². The molecule has 2 aliphatic carbocycles. The molecule has 0 saturated carbocycles. The Morgan fingerprint density at radius 2 is 1.76 bits per heavy atom. The number of aliphatic hydroxyl groups is 2. The number of rotatable bonds is 7. The molecule has 0 unspecified atom stereocenters. The second-order valence-electron chi connectivity index (χ2n) is 11.2. The standard InChI is InChI=1S/C30H31NO13.ClH/c1-11(32)29(39)42-10-18(33)30(40)8-14-21(17(9-30)44-19-7-15(31)24(34)12(2)43-19)28(38)23-22(26(14)36)25(35)13-5-4-6-16(41-3)20(13)27(23)37;/h4-6,12,15,17,19,24,34,36,38,40H,7-10,31H2,1-3H3;1H/t12-,15-,17-,19-,24+,30-;/m0./s1. The summed E-state index contributed by atoms with van der Waals surface area (Å²) >= 11 is 0. The second kappa shape index (κ2) is 12.5. The van der Waals surface area contributed by atoms with Crippen LogP contribution in [-0.2, 0) is 35.0 Å². The van der Waals surface area contributed by atoms with Crippen molar-refractivity contribution in [1.29, 1.82) is 0 Å². The number of esters is 1. The highest BCUT2D eigenvalue weighted by Crippen LogP contribution is 2.52. The van der Waals surface area contributed by atoms with Crippen molar-refractivity contribution in [2.45, 2.75) is 69.4 Å². The number of carbonyl (C=O) groups excluding carboxylic acids is 5. The van der Waals surface area contributed by atoms with Gasteiger partial charge in [-0.15, -0.1) is 0 Å². The summed E-state index contributed by atoms with van der Waals surface area (Å²) in [7, 11) is 1.31. The van der Waals surface area contributed by atoms with E-state index in [1.807, 2.05) is 0 Å². The van der Waals surface area contributed by atoms with Gasteiger partial charge in [0.1, 0.15) is 35.0 Å². The minimum absolute atomic E-state index is 0. The van der Waals surface area contributed by atoms with Gasteiger partial charge in [-0.05, 0) is 13.0 Å². The number of phenolic OH excluding ortho intramolecular Hbond substituents is 2. The van der Waals surface area contributed by atoms with E-state index < -0.39 is 107 Å². The van der Waals surface area contributed by atoms with Crippen molar-refractivity contribution in [3.8, 4) is 17.2 Å². The molecule has 2 aromatic rings. The predicted molar refractivity (Wildman–Crippen MR) is 145 cm³/mol. The number of hydrogen-bond acceptors (Lipinski definition) is 13. The molecule has 14 nitrogen and oxygen atoms in total. The highest BCUT2D eigenvalue weighted by Gasteiger charge is 2.50. The van der Waals surface area contributed by atoms with Crippen molar-refractivity contribution in [1.82, 2.24) is 0 Å². The number of fused-ring (bicyclic) bond motifs is 3. The molecule has 1 saturated heterocycles. The lowest BCUT2D eigenvalue weighted by atomic mass is 9.72. The van der Waals surface area contributed by atoms with E-state index in [-0.39, 0.29) is 46.8 Å². The third-order valence-corrected chi connectivity index (χ3v) is 8.36. The van der Waals surface area contributed by atoms with E-state index in [4.69, 9.17) is 18.9 Å². The van der Waals surface area contributed by atoms with E-state index in [0.29, 0.717) is 0 Å². The number of halogens is 1. The van der Waals surface area contributed by atoms with Gasteiger partial charge in [-0.25, -0.2) is 4.79 Å². The molecule has 2 aromatic carbocycles. The monoisotopic (exact) mass is 649 g/mol. The summed E-state index contributed by atoms with van der Waals surface area (Å²) in [5.41, 5.74) is -0.158. The molecule has 0 bridgehead atoms. The number of methoxy groups -OCH3 is 1. The summed E-state index contributed by atoms with van der Waals surface area (Å²) in [5.74, 6) is -6.34. The molecule has 5 rings (SSSR count). The third kappa shape index (κ3) is 5.69. The molecule has 242 valence electrons. The molecule has 1 aliphatic heterocycles. The maximum absolute atomic E-state index is 13.8. The van der Waals surface area contributed by atoms with E-state index in [2.05, 4.69) is 5.73 Å². The van der Waals surface area contributed by atoms with Crippen LogP contribution in [0.4, 0.5) is 0 Å². The van der Waals surface area contributed by atoms with Gasteiger partial charge in [-0.3, -0.25) is 19.2 Å². The number of ketones is 4. The van der Waals surface area contributed by atoms with Crippen LogP contribution >= 0.6 is 0 Å². The normalized spacial score (nSPS) is 26.9. The maximum atomic E-state index is 13.8. The smallest absolute Gasteiger partial charge is 0.374 e. The van der Waals surface area contributed by atoms with Crippen molar-refractivity contribution in [2.75, 3.05) is 13.7 Å². The topological polar surface area (TPSA) is 231 Å². The van der Waals surface area contributed by atoms with Crippen molar-refractivity contribution < 1.29 is 81.5 Å². The van der Waals surface area contributed by atoms with Crippen molar-refractivity contribution in [2.24, 2.45) is 0 Å². The first-order chi connectivity index (χ1) is 20.7. The summed E-state index contributed by atoms with van der Waals surface area (Å²) in [6, 6.07) is 3.76. The van der Waals surface area contributed by atoms with Gasteiger partial charge in [0.25, 0.3) is 0 Å². The van der Waals surface area contributed by atoms with Gasteiger partial charge in [0.15, 0.2) is 18.7 Å². The van der Waals surface area contributed by atoms with Crippen LogP contribution in [0, 0.1) is 0 Å². The molecule has 3 aliphatic rings. The number of Topliss-reactive ketones (excluding diaryl/α,β-unsaturated/α-hetero) is 2. The highest BCUT2D eigenvalue weighted by atomic mass is 35.5. The average molecular weight is 650 g/mol. The molecule has 0 spiro atoms. The summed E-state index contributed by atoms with van der Waals surface area (Å²) in [6.45, 7) is 1.53. The van der Waals surface area contributed by atoms with Crippen LogP contribution in [0.2, 0.25) is 0 Å². The van der Waals surface area contributed by atoms with Gasteiger partial charge in [-0.2, -0.15) is 0 Å². The van der Waals surface area contributed by atoms with Gasteiger partial charge in [-0.1, -0.05) is 12.1 Å². The minimum Gasteiger partial charge on any atom is -1.00 e. The Morgan fingerprint density at radius 3 is 2.38 bits per heavy atom. The molecule has 1 fully saturated rings. The molecule has 7 N–H and O–H groups in total. The third-order valence-electron chi connectivity index (χ3n) is 8.36.